The molecule has 0 unspecified atom stereocenters. The average Bonchev–Trinajstić information content (AvgIpc) is 2.62. The van der Waals surface area contributed by atoms with Gasteiger partial charge in [0, 0.05) is 0 Å². The van der Waals surface area contributed by atoms with Crippen molar-refractivity contribution in [3.63, 3.8) is 0 Å². The molecule has 3 heteroatoms. The van der Waals surface area contributed by atoms with E-state index in [-0.39, 0.29) is 0 Å². The molecule has 0 amide bonds. The summed E-state index contributed by atoms with van der Waals surface area (Å²) >= 11 is 4.25. The van der Waals surface area contributed by atoms with Crippen LogP contribution >= 0.6 is 13.6 Å². The number of rotatable bonds is 2. The van der Waals surface area contributed by atoms with E-state index in [0.29, 0.717) is 0 Å². The summed E-state index contributed by atoms with van der Waals surface area (Å²) in [7, 11) is 0. The zero-order valence-corrected chi connectivity index (χ0v) is 14.3. The number of likely N-dealkylation sites (tertiary alicyclic amines) is 1. The smallest absolute Gasteiger partial charge is 0.00264 e. The summed E-state index contributed by atoms with van der Waals surface area (Å²) in [5.74, 6) is 0. The normalized spacial score (nSPS) is 17.2. The van der Waals surface area contributed by atoms with Crippen molar-refractivity contribution >= 4 is 13.6 Å². The summed E-state index contributed by atoms with van der Waals surface area (Å²) in [6, 6.07) is 11.5. The number of nitrogens with zero attached hydrogens (tertiary/aromatic N) is 1. The van der Waals surface area contributed by atoms with Crippen molar-refractivity contribution in [3.05, 3.63) is 35.9 Å². The van der Waals surface area contributed by atoms with Crippen molar-refractivity contribution in [1.82, 2.24) is 4.90 Å². The van der Waals surface area contributed by atoms with Crippen LogP contribution in [0, 0.1) is 6.07 Å². The Hall–Kier alpha value is 0.283. The van der Waals surface area contributed by atoms with E-state index in [2.05, 4.69) is 42.8 Å². The minimum atomic E-state index is 1.11. The van der Waals surface area contributed by atoms with Gasteiger partial charge in [-0.3, -0.25) is 0 Å². The number of halogens is 1. The van der Waals surface area contributed by atoms with Crippen LogP contribution in [0.4, 0.5) is 0 Å². The summed E-state index contributed by atoms with van der Waals surface area (Å²) in [4.78, 5) is 2.57. The van der Waals surface area contributed by atoms with E-state index in [1.54, 1.807) is 0 Å². The molecule has 1 heterocycles. The van der Waals surface area contributed by atoms with Gasteiger partial charge in [-0.25, -0.2) is 0 Å². The third-order valence-corrected chi connectivity index (χ3v) is 2.88. The van der Waals surface area contributed by atoms with Crippen LogP contribution < -0.4 is 0 Å². The van der Waals surface area contributed by atoms with Crippen LogP contribution in [-0.4, -0.2) is 18.0 Å². The Kier molecular flexibility index (Phi) is 8.36. The predicted octanol–water partition coefficient (Wildman–Crippen LogP) is 3.71. The minimum absolute atomic E-state index is 1.11. The van der Waals surface area contributed by atoms with E-state index in [1.165, 1.54) is 60.7 Å². The fraction of sp³-hybridized carbons (Fsp3) is 0.538. The molecule has 0 saturated carbocycles. The Morgan fingerprint density at radius 3 is 2.44 bits per heavy atom. The molecule has 1 saturated heterocycles. The first kappa shape index (κ1) is 14.3. The Balaban J connectivity index is 0.000000606. The second kappa shape index (κ2) is 9.33. The fourth-order valence-corrected chi connectivity index (χ4v) is 2.08. The molecule has 2 rings (SSSR count). The second-order valence-corrected chi connectivity index (χ2v) is 4.10. The molecule has 84 valence electrons. The maximum absolute atomic E-state index is 3.14. The standard InChI is InChI=1S/C13H18N.BrH.Zn/c1-2-7-11-14(10-6-1)12-13-8-4-3-5-9-13;;/h3-4,8-9H,1-2,6-7,10-12H2;1H;/q-1;;+2/p-1. The van der Waals surface area contributed by atoms with E-state index >= 15 is 0 Å². The van der Waals surface area contributed by atoms with Crippen molar-refractivity contribution in [3.8, 4) is 0 Å². The van der Waals surface area contributed by atoms with Gasteiger partial charge in [0.05, 0.1) is 0 Å². The van der Waals surface area contributed by atoms with Gasteiger partial charge in [-0.2, -0.15) is 30.3 Å². The molecule has 0 atom stereocenters. The molecule has 0 aromatic heterocycles. The molecule has 0 radical (unpaired) electrons. The zero-order valence-electron chi connectivity index (χ0n) is 9.79. The molecular formula is C13H18BrNZn. The molecule has 0 N–H and O–H groups in total. The Morgan fingerprint density at radius 1 is 1.19 bits per heavy atom. The van der Waals surface area contributed by atoms with Crippen LogP contribution in [0.1, 0.15) is 31.2 Å². The largest absolute Gasteiger partial charge is 0.310 e. The predicted molar refractivity (Wildman–Crippen MR) is 68.0 cm³/mol. The molecule has 1 nitrogen and oxygen atoms in total. The van der Waals surface area contributed by atoms with Gasteiger partial charge in [0.2, 0.25) is 0 Å². The molecule has 16 heavy (non-hydrogen) atoms. The Morgan fingerprint density at radius 2 is 1.88 bits per heavy atom. The van der Waals surface area contributed by atoms with E-state index < -0.39 is 0 Å². The van der Waals surface area contributed by atoms with Crippen molar-refractivity contribution in [2.24, 2.45) is 0 Å². The summed E-state index contributed by atoms with van der Waals surface area (Å²) in [6.07, 6.45) is 5.57. The molecule has 1 aliphatic heterocycles. The quantitative estimate of drug-likeness (QED) is 0.589. The molecule has 0 spiro atoms. The van der Waals surface area contributed by atoms with Gasteiger partial charge in [-0.1, -0.05) is 12.8 Å². The Bertz CT molecular complexity index is 258. The van der Waals surface area contributed by atoms with Crippen LogP contribution in [0.25, 0.3) is 0 Å². The maximum atomic E-state index is 3.14. The van der Waals surface area contributed by atoms with Crippen molar-refractivity contribution in [1.29, 1.82) is 0 Å². The first-order valence-electron chi connectivity index (χ1n) is 5.89. The van der Waals surface area contributed by atoms with Crippen LogP contribution in [0.3, 0.4) is 0 Å². The zero-order chi connectivity index (χ0) is 11.6. The van der Waals surface area contributed by atoms with Crippen LogP contribution in [0.15, 0.2) is 24.3 Å². The first-order valence-corrected chi connectivity index (χ1v) is 12.8. The third-order valence-electron chi connectivity index (χ3n) is 2.88. The minimum Gasteiger partial charge on any atom is -0.310 e. The van der Waals surface area contributed by atoms with Crippen molar-refractivity contribution in [2.75, 3.05) is 13.1 Å². The van der Waals surface area contributed by atoms with E-state index in [9.17, 15) is 0 Å². The molecule has 0 aliphatic carbocycles. The van der Waals surface area contributed by atoms with Crippen molar-refractivity contribution < 1.29 is 16.3 Å². The van der Waals surface area contributed by atoms with E-state index in [0.717, 1.165) is 6.54 Å². The number of hydrogen-bond donors (Lipinski definition) is 0. The molecule has 1 aromatic rings. The summed E-state index contributed by atoms with van der Waals surface area (Å²) in [5, 5.41) is 0. The fourth-order valence-electron chi connectivity index (χ4n) is 2.08. The summed E-state index contributed by atoms with van der Waals surface area (Å²) < 4.78 is 0. The third kappa shape index (κ3) is 5.56. The molecule has 1 aliphatic rings. The van der Waals surface area contributed by atoms with Crippen molar-refractivity contribution in [2.45, 2.75) is 32.2 Å². The maximum Gasteiger partial charge on any atom is -0.00264 e. The van der Waals surface area contributed by atoms with E-state index in [4.69, 9.17) is 0 Å². The molecular weight excluding hydrogens is 315 g/mol. The first-order chi connectivity index (χ1) is 7.95. The van der Waals surface area contributed by atoms with Gasteiger partial charge in [0.1, 0.15) is 0 Å². The average molecular weight is 334 g/mol. The van der Waals surface area contributed by atoms with Crippen LogP contribution in [0.5, 0.6) is 0 Å². The monoisotopic (exact) mass is 331 g/mol. The van der Waals surface area contributed by atoms with Gasteiger partial charge < -0.3 is 4.90 Å². The molecule has 0 bridgehead atoms. The second-order valence-electron chi connectivity index (χ2n) is 4.10. The molecule has 1 aromatic carbocycles. The van der Waals surface area contributed by atoms with E-state index in [1.807, 2.05) is 6.07 Å². The van der Waals surface area contributed by atoms with Gasteiger partial charge in [0.15, 0.2) is 0 Å². The van der Waals surface area contributed by atoms with Gasteiger partial charge in [0.25, 0.3) is 0 Å². The van der Waals surface area contributed by atoms with Gasteiger partial charge in [-0.05, 0) is 32.5 Å². The van der Waals surface area contributed by atoms with Gasteiger partial charge in [-0.15, -0.1) is 5.56 Å². The van der Waals surface area contributed by atoms with Crippen LogP contribution in [0.2, 0.25) is 0 Å². The summed E-state index contributed by atoms with van der Waals surface area (Å²) in [5.41, 5.74) is 1.40. The number of benzene rings is 1. The Labute approximate surface area is 116 Å². The topological polar surface area (TPSA) is 3.24 Å². The number of hydrogen-bond acceptors (Lipinski definition) is 1. The molecule has 1 fully saturated rings. The van der Waals surface area contributed by atoms with Gasteiger partial charge >= 0.3 is 30.0 Å². The summed E-state index contributed by atoms with van der Waals surface area (Å²) in [6.45, 7) is 3.65. The van der Waals surface area contributed by atoms with Crippen LogP contribution in [-0.2, 0) is 22.9 Å². The SMILES string of the molecule is [Zn+][Br].[c-]1cccc(CN2CCCCCC2)c1.